The molecule has 1 aromatic rings. The van der Waals surface area contributed by atoms with Gasteiger partial charge in [0.15, 0.2) is 0 Å². The molecule has 0 aliphatic carbocycles. The van der Waals surface area contributed by atoms with Gasteiger partial charge in [0.2, 0.25) is 0 Å². The highest BCUT2D eigenvalue weighted by Gasteiger charge is 2.04. The van der Waals surface area contributed by atoms with Gasteiger partial charge in [-0.05, 0) is 18.6 Å². The predicted octanol–water partition coefficient (Wildman–Crippen LogP) is 6.19. The number of carbonyl (C=O) groups excluding carboxylic acids is 1. The van der Waals surface area contributed by atoms with E-state index >= 15 is 0 Å². The maximum absolute atomic E-state index is 11.7. The molecule has 0 heterocycles. The van der Waals surface area contributed by atoms with Crippen molar-refractivity contribution in [2.45, 2.75) is 77.6 Å². The van der Waals surface area contributed by atoms with Crippen molar-refractivity contribution in [2.24, 2.45) is 0 Å². The number of unbranched alkanes of at least 4 members (excludes halogenated alkanes) is 10. The maximum Gasteiger partial charge on any atom is 0.338 e. The van der Waals surface area contributed by atoms with E-state index < -0.39 is 0 Å². The maximum atomic E-state index is 11.7. The third kappa shape index (κ3) is 14.6. The lowest BCUT2D eigenvalue weighted by molar-refractivity contribution is 0.0141. The van der Waals surface area contributed by atoms with Gasteiger partial charge in [-0.1, -0.05) is 89.3 Å². The number of benzene rings is 1. The van der Waals surface area contributed by atoms with E-state index in [9.17, 15) is 4.79 Å². The van der Waals surface area contributed by atoms with Gasteiger partial charge in [0.1, 0.15) is 6.61 Å². The van der Waals surface area contributed by atoms with Gasteiger partial charge in [-0.2, -0.15) is 0 Å². The van der Waals surface area contributed by atoms with Crippen LogP contribution in [0.1, 0.15) is 87.9 Å². The van der Waals surface area contributed by atoms with Crippen molar-refractivity contribution in [2.75, 3.05) is 33.0 Å². The molecule has 0 radical (unpaired) electrons. The molecule has 0 amide bonds. The van der Waals surface area contributed by atoms with Gasteiger partial charge in [-0.25, -0.2) is 4.79 Å². The second kappa shape index (κ2) is 18.9. The fourth-order valence-corrected chi connectivity index (χ4v) is 3.04. The van der Waals surface area contributed by atoms with Crippen molar-refractivity contribution in [3.63, 3.8) is 0 Å². The molecule has 0 saturated heterocycles. The zero-order valence-electron chi connectivity index (χ0n) is 17.8. The zero-order valence-corrected chi connectivity index (χ0v) is 17.8. The van der Waals surface area contributed by atoms with Crippen LogP contribution in [-0.2, 0) is 14.2 Å². The Morgan fingerprint density at radius 2 is 1.14 bits per heavy atom. The minimum atomic E-state index is -0.308. The van der Waals surface area contributed by atoms with E-state index in [1.807, 2.05) is 18.2 Å². The summed E-state index contributed by atoms with van der Waals surface area (Å²) >= 11 is 0. The molecule has 0 aliphatic heterocycles. The summed E-state index contributed by atoms with van der Waals surface area (Å²) in [4.78, 5) is 11.7. The quantitative estimate of drug-likeness (QED) is 0.208. The van der Waals surface area contributed by atoms with Crippen LogP contribution in [0.4, 0.5) is 0 Å². The second-order valence-corrected chi connectivity index (χ2v) is 7.26. The van der Waals surface area contributed by atoms with Crippen LogP contribution in [0.15, 0.2) is 30.3 Å². The first-order valence-corrected chi connectivity index (χ1v) is 11.2. The molecule has 0 aliphatic rings. The number of hydrogen-bond donors (Lipinski definition) is 0. The Kier molecular flexibility index (Phi) is 16.7. The fraction of sp³-hybridized carbons (Fsp3) is 0.708. The first-order valence-electron chi connectivity index (χ1n) is 11.2. The number of hydrogen-bond acceptors (Lipinski definition) is 4. The van der Waals surface area contributed by atoms with Gasteiger partial charge in [-0.15, -0.1) is 0 Å². The molecular formula is C24H40O4. The highest BCUT2D eigenvalue weighted by atomic mass is 16.6. The van der Waals surface area contributed by atoms with Gasteiger partial charge in [-0.3, -0.25) is 0 Å². The van der Waals surface area contributed by atoms with E-state index in [1.165, 1.54) is 64.2 Å². The largest absolute Gasteiger partial charge is 0.460 e. The third-order valence-corrected chi connectivity index (χ3v) is 4.73. The summed E-state index contributed by atoms with van der Waals surface area (Å²) in [6.45, 7) is 4.89. The summed E-state index contributed by atoms with van der Waals surface area (Å²) < 4.78 is 16.2. The van der Waals surface area contributed by atoms with Gasteiger partial charge in [0, 0.05) is 6.61 Å². The second-order valence-electron chi connectivity index (χ2n) is 7.26. The average Bonchev–Trinajstić information content (AvgIpc) is 2.73. The van der Waals surface area contributed by atoms with Crippen molar-refractivity contribution in [3.05, 3.63) is 35.9 Å². The minimum absolute atomic E-state index is 0.270. The van der Waals surface area contributed by atoms with E-state index in [0.29, 0.717) is 25.4 Å². The molecule has 28 heavy (non-hydrogen) atoms. The molecule has 0 spiro atoms. The molecule has 0 saturated carbocycles. The molecular weight excluding hydrogens is 352 g/mol. The van der Waals surface area contributed by atoms with Crippen molar-refractivity contribution in [3.8, 4) is 0 Å². The lowest BCUT2D eigenvalue weighted by Crippen LogP contribution is -2.13. The Balaban J connectivity index is 1.74. The standard InChI is InChI=1S/C24H40O4/c1-2-3-4-5-6-7-8-9-10-11-15-18-26-19-20-27-21-22-28-24(25)23-16-13-12-14-17-23/h12-14,16-17H,2-11,15,18-22H2,1H3. The van der Waals surface area contributed by atoms with E-state index in [1.54, 1.807) is 12.1 Å². The Bertz CT molecular complexity index is 461. The number of ether oxygens (including phenoxy) is 3. The van der Waals surface area contributed by atoms with Crippen molar-refractivity contribution < 1.29 is 19.0 Å². The Morgan fingerprint density at radius 1 is 0.643 bits per heavy atom. The molecule has 0 unspecified atom stereocenters. The van der Waals surface area contributed by atoms with Crippen LogP contribution >= 0.6 is 0 Å². The Morgan fingerprint density at radius 3 is 1.75 bits per heavy atom. The number of esters is 1. The van der Waals surface area contributed by atoms with E-state index in [2.05, 4.69) is 6.92 Å². The summed E-state index contributed by atoms with van der Waals surface area (Å²) in [5.74, 6) is -0.308. The van der Waals surface area contributed by atoms with Crippen molar-refractivity contribution in [1.29, 1.82) is 0 Å². The lowest BCUT2D eigenvalue weighted by atomic mass is 10.1. The minimum Gasteiger partial charge on any atom is -0.460 e. The van der Waals surface area contributed by atoms with Crippen LogP contribution < -0.4 is 0 Å². The lowest BCUT2D eigenvalue weighted by Gasteiger charge is -2.07. The molecule has 160 valence electrons. The Labute approximate surface area is 172 Å². The first kappa shape index (κ1) is 24.6. The van der Waals surface area contributed by atoms with Crippen LogP contribution in [0, 0.1) is 0 Å². The van der Waals surface area contributed by atoms with Crippen LogP contribution in [0.25, 0.3) is 0 Å². The molecule has 0 fully saturated rings. The van der Waals surface area contributed by atoms with Gasteiger partial charge >= 0.3 is 5.97 Å². The molecule has 4 nitrogen and oxygen atoms in total. The number of carbonyl (C=O) groups is 1. The van der Waals surface area contributed by atoms with Gasteiger partial charge in [0.25, 0.3) is 0 Å². The molecule has 1 aromatic carbocycles. The summed E-state index contributed by atoms with van der Waals surface area (Å²) in [6, 6.07) is 8.99. The predicted molar refractivity (Wildman–Crippen MR) is 115 cm³/mol. The molecule has 1 rings (SSSR count). The smallest absolute Gasteiger partial charge is 0.338 e. The monoisotopic (exact) mass is 392 g/mol. The molecule has 0 aromatic heterocycles. The molecule has 0 bridgehead atoms. The van der Waals surface area contributed by atoms with E-state index in [4.69, 9.17) is 14.2 Å². The molecule has 0 atom stereocenters. The highest BCUT2D eigenvalue weighted by molar-refractivity contribution is 5.89. The summed E-state index contributed by atoms with van der Waals surface area (Å²) in [7, 11) is 0. The summed E-state index contributed by atoms with van der Waals surface area (Å²) in [5.41, 5.74) is 0.567. The summed E-state index contributed by atoms with van der Waals surface area (Å²) in [6.07, 6.45) is 14.8. The first-order chi connectivity index (χ1) is 13.8. The highest BCUT2D eigenvalue weighted by Crippen LogP contribution is 2.11. The van der Waals surface area contributed by atoms with Crippen LogP contribution in [0.3, 0.4) is 0 Å². The Hall–Kier alpha value is -1.39. The summed E-state index contributed by atoms with van der Waals surface area (Å²) in [5, 5.41) is 0. The van der Waals surface area contributed by atoms with Crippen LogP contribution in [0.5, 0.6) is 0 Å². The third-order valence-electron chi connectivity index (χ3n) is 4.73. The molecule has 0 N–H and O–H groups in total. The van der Waals surface area contributed by atoms with Gasteiger partial charge < -0.3 is 14.2 Å². The van der Waals surface area contributed by atoms with E-state index in [0.717, 1.165) is 13.0 Å². The zero-order chi connectivity index (χ0) is 20.1. The fourth-order valence-electron chi connectivity index (χ4n) is 3.04. The topological polar surface area (TPSA) is 44.8 Å². The molecule has 4 heteroatoms. The number of rotatable bonds is 19. The van der Waals surface area contributed by atoms with E-state index in [-0.39, 0.29) is 12.6 Å². The van der Waals surface area contributed by atoms with Crippen LogP contribution in [-0.4, -0.2) is 39.0 Å². The van der Waals surface area contributed by atoms with Crippen molar-refractivity contribution >= 4 is 5.97 Å². The van der Waals surface area contributed by atoms with Gasteiger partial charge in [0.05, 0.1) is 25.4 Å². The van der Waals surface area contributed by atoms with Crippen LogP contribution in [0.2, 0.25) is 0 Å². The SMILES string of the molecule is CCCCCCCCCCCCCOCCOCCOC(=O)c1ccccc1. The van der Waals surface area contributed by atoms with Crippen molar-refractivity contribution in [1.82, 2.24) is 0 Å². The normalized spacial score (nSPS) is 10.9. The average molecular weight is 393 g/mol.